The molecule has 2 amide bonds. The number of hydrogen-bond acceptors (Lipinski definition) is 2. The Hall–Kier alpha value is -2.89. The minimum atomic E-state index is -0.387. The lowest BCUT2D eigenvalue weighted by Crippen LogP contribution is -2.26. The molecule has 0 spiro atoms. The topological polar surface area (TPSA) is 63.1 Å². The largest absolute Gasteiger partial charge is 0.352 e. The second kappa shape index (κ2) is 9.08. The number of hydrogen-bond donors (Lipinski definition) is 2. The average molecular weight is 424 g/mol. The van der Waals surface area contributed by atoms with Crippen LogP contribution in [0.1, 0.15) is 72.6 Å². The number of aromatic nitrogens is 1. The molecular formula is C25H30FN3O2. The molecule has 0 radical (unpaired) electrons. The third-order valence-electron chi connectivity index (χ3n) is 6.58. The molecule has 5 nitrogen and oxygen atoms in total. The Labute approximate surface area is 182 Å². The van der Waals surface area contributed by atoms with Crippen LogP contribution in [0.2, 0.25) is 0 Å². The van der Waals surface area contributed by atoms with E-state index in [9.17, 15) is 14.0 Å². The number of carbonyl (C=O) groups excluding carboxylic acids is 2. The summed E-state index contributed by atoms with van der Waals surface area (Å²) in [4.78, 5) is 25.4. The fourth-order valence-electron chi connectivity index (χ4n) is 4.76. The predicted molar refractivity (Wildman–Crippen MR) is 121 cm³/mol. The van der Waals surface area contributed by atoms with Crippen LogP contribution in [0.25, 0.3) is 11.6 Å². The summed E-state index contributed by atoms with van der Waals surface area (Å²) in [5.74, 6) is -0.0105. The highest BCUT2D eigenvalue weighted by Crippen LogP contribution is 2.34. The molecule has 1 aliphatic heterocycles. The summed E-state index contributed by atoms with van der Waals surface area (Å²) in [6, 6.07) is 4.27. The van der Waals surface area contributed by atoms with Gasteiger partial charge >= 0.3 is 0 Å². The van der Waals surface area contributed by atoms with Gasteiger partial charge in [-0.1, -0.05) is 32.1 Å². The van der Waals surface area contributed by atoms with Gasteiger partial charge in [0, 0.05) is 36.2 Å². The first kappa shape index (κ1) is 21.3. The third-order valence-corrected chi connectivity index (χ3v) is 6.58. The molecule has 2 heterocycles. The van der Waals surface area contributed by atoms with E-state index in [0.29, 0.717) is 35.5 Å². The van der Waals surface area contributed by atoms with Crippen LogP contribution < -0.4 is 10.6 Å². The molecule has 31 heavy (non-hydrogen) atoms. The number of halogens is 1. The van der Waals surface area contributed by atoms with Crippen molar-refractivity contribution >= 4 is 29.2 Å². The van der Waals surface area contributed by atoms with E-state index >= 15 is 0 Å². The van der Waals surface area contributed by atoms with E-state index in [-0.39, 0.29) is 17.6 Å². The molecule has 0 bridgehead atoms. The Morgan fingerprint density at radius 1 is 1.29 bits per heavy atom. The first-order valence-corrected chi connectivity index (χ1v) is 11.3. The molecule has 1 aromatic carbocycles. The van der Waals surface area contributed by atoms with E-state index in [0.717, 1.165) is 23.6 Å². The van der Waals surface area contributed by atoms with Crippen molar-refractivity contribution in [3.05, 3.63) is 52.6 Å². The summed E-state index contributed by atoms with van der Waals surface area (Å²) < 4.78 is 15.7. The SMILES string of the molecule is CCn1cc(C(=O)NCCC2CCCCC2)c(C)c1/C=C1\C(=O)Nc2ccc(F)cc21. The highest BCUT2D eigenvalue weighted by molar-refractivity contribution is 6.34. The fraction of sp³-hybridized carbons (Fsp3) is 0.440. The molecule has 1 aliphatic carbocycles. The summed E-state index contributed by atoms with van der Waals surface area (Å²) in [5, 5.41) is 5.85. The summed E-state index contributed by atoms with van der Waals surface area (Å²) >= 11 is 0. The van der Waals surface area contributed by atoms with Crippen molar-refractivity contribution in [3.8, 4) is 0 Å². The summed E-state index contributed by atoms with van der Waals surface area (Å²) in [5.41, 5.74) is 3.80. The Morgan fingerprint density at radius 2 is 2.06 bits per heavy atom. The van der Waals surface area contributed by atoms with Gasteiger partial charge in [-0.2, -0.15) is 0 Å². The van der Waals surface area contributed by atoms with Crippen LogP contribution in [0.3, 0.4) is 0 Å². The number of amides is 2. The maximum absolute atomic E-state index is 13.8. The predicted octanol–water partition coefficient (Wildman–Crippen LogP) is 5.15. The maximum atomic E-state index is 13.8. The van der Waals surface area contributed by atoms with Gasteiger partial charge < -0.3 is 15.2 Å². The Kier molecular flexibility index (Phi) is 6.25. The average Bonchev–Trinajstić information content (AvgIpc) is 3.25. The van der Waals surface area contributed by atoms with Gasteiger partial charge in [0.2, 0.25) is 0 Å². The maximum Gasteiger partial charge on any atom is 0.256 e. The number of nitrogens with zero attached hydrogens (tertiary/aromatic N) is 1. The van der Waals surface area contributed by atoms with Gasteiger partial charge in [0.05, 0.1) is 11.1 Å². The number of anilines is 1. The number of aryl methyl sites for hydroxylation is 1. The third kappa shape index (κ3) is 4.43. The molecule has 2 aromatic rings. The quantitative estimate of drug-likeness (QED) is 0.631. The monoisotopic (exact) mass is 423 g/mol. The highest BCUT2D eigenvalue weighted by Gasteiger charge is 2.26. The van der Waals surface area contributed by atoms with Gasteiger partial charge in [0.1, 0.15) is 5.82 Å². The van der Waals surface area contributed by atoms with Gasteiger partial charge in [0.15, 0.2) is 0 Å². The molecule has 6 heteroatoms. The van der Waals surface area contributed by atoms with E-state index in [2.05, 4.69) is 10.6 Å². The molecule has 0 saturated heterocycles. The summed E-state index contributed by atoms with van der Waals surface area (Å²) in [6.45, 7) is 5.24. The first-order valence-electron chi connectivity index (χ1n) is 11.3. The fourth-order valence-corrected chi connectivity index (χ4v) is 4.76. The van der Waals surface area contributed by atoms with E-state index < -0.39 is 0 Å². The lowest BCUT2D eigenvalue weighted by molar-refractivity contribution is -0.110. The van der Waals surface area contributed by atoms with Gasteiger partial charge in [-0.15, -0.1) is 0 Å². The molecule has 1 fully saturated rings. The number of fused-ring (bicyclic) bond motifs is 1. The van der Waals surface area contributed by atoms with Gasteiger partial charge in [-0.25, -0.2) is 4.39 Å². The van der Waals surface area contributed by atoms with Crippen molar-refractivity contribution in [3.63, 3.8) is 0 Å². The Bertz CT molecular complexity index is 1030. The number of benzene rings is 1. The number of nitrogens with one attached hydrogen (secondary N) is 2. The molecule has 2 N–H and O–H groups in total. The smallest absolute Gasteiger partial charge is 0.256 e. The standard InChI is InChI=1S/C25H30FN3O2/c1-3-29-15-21(24(30)27-12-11-17-7-5-4-6-8-17)16(2)23(29)14-20-19-13-18(26)9-10-22(19)28-25(20)31/h9-10,13-15,17H,3-8,11-12H2,1-2H3,(H,27,30)(H,28,31)/b20-14-. The highest BCUT2D eigenvalue weighted by atomic mass is 19.1. The molecule has 0 atom stereocenters. The lowest BCUT2D eigenvalue weighted by Gasteiger charge is -2.21. The van der Waals surface area contributed by atoms with Crippen LogP contribution in [-0.4, -0.2) is 22.9 Å². The lowest BCUT2D eigenvalue weighted by atomic mass is 9.87. The second-order valence-electron chi connectivity index (χ2n) is 8.59. The molecule has 1 aromatic heterocycles. The molecule has 4 rings (SSSR count). The summed E-state index contributed by atoms with van der Waals surface area (Å²) in [6.07, 6.45) is 11.1. The van der Waals surface area contributed by atoms with Crippen molar-refractivity contribution in [1.82, 2.24) is 9.88 Å². The number of rotatable bonds is 6. The molecule has 0 unspecified atom stereocenters. The van der Waals surface area contributed by atoms with Gasteiger partial charge in [-0.05, 0) is 56.0 Å². The zero-order valence-electron chi connectivity index (χ0n) is 18.3. The molecule has 2 aliphatic rings. The van der Waals surface area contributed by atoms with Crippen LogP contribution in [0.5, 0.6) is 0 Å². The van der Waals surface area contributed by atoms with Crippen LogP contribution in [-0.2, 0) is 11.3 Å². The van der Waals surface area contributed by atoms with Crippen molar-refractivity contribution < 1.29 is 14.0 Å². The van der Waals surface area contributed by atoms with Gasteiger partial charge in [0.25, 0.3) is 11.8 Å². The van der Waals surface area contributed by atoms with E-state index in [1.54, 1.807) is 12.1 Å². The Morgan fingerprint density at radius 3 is 2.81 bits per heavy atom. The molecule has 164 valence electrons. The van der Waals surface area contributed by atoms with Crippen molar-refractivity contribution in [2.24, 2.45) is 5.92 Å². The minimum absolute atomic E-state index is 0.0810. The second-order valence-corrected chi connectivity index (χ2v) is 8.59. The van der Waals surface area contributed by atoms with E-state index in [1.165, 1.54) is 44.2 Å². The zero-order valence-corrected chi connectivity index (χ0v) is 18.3. The van der Waals surface area contributed by atoms with Crippen LogP contribution in [0.15, 0.2) is 24.4 Å². The van der Waals surface area contributed by atoms with Crippen molar-refractivity contribution in [1.29, 1.82) is 0 Å². The normalized spacial score (nSPS) is 17.6. The zero-order chi connectivity index (χ0) is 22.0. The van der Waals surface area contributed by atoms with Gasteiger partial charge in [-0.3, -0.25) is 9.59 Å². The Balaban J connectivity index is 1.55. The van der Waals surface area contributed by atoms with Crippen LogP contribution in [0.4, 0.5) is 10.1 Å². The van der Waals surface area contributed by atoms with E-state index in [1.807, 2.05) is 24.6 Å². The molecule has 1 saturated carbocycles. The number of carbonyl (C=O) groups is 2. The van der Waals surface area contributed by atoms with Crippen LogP contribution >= 0.6 is 0 Å². The van der Waals surface area contributed by atoms with Crippen molar-refractivity contribution in [2.45, 2.75) is 58.9 Å². The van der Waals surface area contributed by atoms with Crippen molar-refractivity contribution in [2.75, 3.05) is 11.9 Å². The first-order chi connectivity index (χ1) is 15.0. The van der Waals surface area contributed by atoms with E-state index in [4.69, 9.17) is 0 Å². The minimum Gasteiger partial charge on any atom is -0.352 e. The molecular weight excluding hydrogens is 393 g/mol. The van der Waals surface area contributed by atoms with Crippen LogP contribution in [0, 0.1) is 18.7 Å². The summed E-state index contributed by atoms with van der Waals surface area (Å²) in [7, 11) is 0.